The summed E-state index contributed by atoms with van der Waals surface area (Å²) in [5.41, 5.74) is 0. The van der Waals surface area contributed by atoms with Gasteiger partial charge in [-0.25, -0.2) is 0 Å². The van der Waals surface area contributed by atoms with Crippen LogP contribution in [0.3, 0.4) is 0 Å². The first-order chi connectivity index (χ1) is 9.84. The molecule has 0 aliphatic heterocycles. The van der Waals surface area contributed by atoms with E-state index >= 15 is 0 Å². The first-order valence-electron chi connectivity index (χ1n) is 7.83. The third-order valence-corrected chi connectivity index (χ3v) is 4.74. The number of hydrogen-bond acceptors (Lipinski definition) is 4. The fraction of sp³-hybridized carbons (Fsp3) is 1.00. The van der Waals surface area contributed by atoms with E-state index in [0.717, 1.165) is 13.0 Å². The molecular formula is C15H29IO4. The van der Waals surface area contributed by atoms with Gasteiger partial charge in [-0.05, 0) is 25.7 Å². The van der Waals surface area contributed by atoms with E-state index in [4.69, 9.17) is 18.9 Å². The van der Waals surface area contributed by atoms with Gasteiger partial charge >= 0.3 is 0 Å². The van der Waals surface area contributed by atoms with Gasteiger partial charge in [-0.15, -0.1) is 0 Å². The minimum atomic E-state index is 0.440. The molecule has 0 heterocycles. The highest BCUT2D eigenvalue weighted by Gasteiger charge is 2.24. The van der Waals surface area contributed by atoms with Crippen LogP contribution in [-0.4, -0.2) is 56.3 Å². The standard InChI is InChI=1S/C15H29IO4/c1-2-3-7-17-8-9-18-10-11-19-12-13-20-15-6-4-5-14(15)16/h14-15H,2-13H2,1H3. The molecule has 0 N–H and O–H groups in total. The molecule has 1 rings (SSSR count). The minimum Gasteiger partial charge on any atom is -0.379 e. The molecule has 0 radical (unpaired) electrons. The minimum absolute atomic E-state index is 0.440. The van der Waals surface area contributed by atoms with Crippen molar-refractivity contribution in [3.05, 3.63) is 0 Å². The van der Waals surface area contributed by atoms with E-state index < -0.39 is 0 Å². The molecule has 2 unspecified atom stereocenters. The summed E-state index contributed by atoms with van der Waals surface area (Å²) in [6.07, 6.45) is 6.54. The van der Waals surface area contributed by atoms with Crippen molar-refractivity contribution in [2.45, 2.75) is 49.1 Å². The van der Waals surface area contributed by atoms with Crippen LogP contribution in [0.2, 0.25) is 0 Å². The number of hydrogen-bond donors (Lipinski definition) is 0. The van der Waals surface area contributed by atoms with Crippen LogP contribution in [0.25, 0.3) is 0 Å². The first kappa shape index (κ1) is 18.6. The van der Waals surface area contributed by atoms with Gasteiger partial charge in [0, 0.05) is 10.5 Å². The Bertz CT molecular complexity index is 216. The van der Waals surface area contributed by atoms with E-state index in [2.05, 4.69) is 29.5 Å². The zero-order chi connectivity index (χ0) is 14.5. The number of unbranched alkanes of at least 4 members (excludes halogenated alkanes) is 1. The van der Waals surface area contributed by atoms with Crippen molar-refractivity contribution >= 4 is 22.6 Å². The molecule has 0 saturated heterocycles. The molecular weight excluding hydrogens is 371 g/mol. The summed E-state index contributed by atoms with van der Waals surface area (Å²) < 4.78 is 22.8. The molecule has 0 aromatic carbocycles. The normalized spacial score (nSPS) is 22.5. The van der Waals surface area contributed by atoms with Crippen molar-refractivity contribution in [3.8, 4) is 0 Å². The van der Waals surface area contributed by atoms with E-state index in [0.29, 0.717) is 49.7 Å². The second-order valence-electron chi connectivity index (χ2n) is 5.05. The molecule has 0 bridgehead atoms. The molecule has 1 saturated carbocycles. The van der Waals surface area contributed by atoms with Gasteiger partial charge in [0.2, 0.25) is 0 Å². The highest BCUT2D eigenvalue weighted by atomic mass is 127. The maximum absolute atomic E-state index is 5.80. The number of halogens is 1. The highest BCUT2D eigenvalue weighted by molar-refractivity contribution is 14.1. The van der Waals surface area contributed by atoms with Crippen LogP contribution in [0, 0.1) is 0 Å². The molecule has 4 nitrogen and oxygen atoms in total. The Labute approximate surface area is 137 Å². The summed E-state index contributed by atoms with van der Waals surface area (Å²) in [5.74, 6) is 0. The van der Waals surface area contributed by atoms with Gasteiger partial charge in [-0.1, -0.05) is 35.9 Å². The fourth-order valence-electron chi connectivity index (χ4n) is 2.12. The number of alkyl halides is 1. The summed E-state index contributed by atoms with van der Waals surface area (Å²) in [4.78, 5) is 0. The number of ether oxygens (including phenoxy) is 4. The summed E-state index contributed by atoms with van der Waals surface area (Å²) >= 11 is 2.49. The zero-order valence-corrected chi connectivity index (χ0v) is 14.8. The predicted octanol–water partition coefficient (Wildman–Crippen LogP) is 3.21. The molecule has 2 atom stereocenters. The van der Waals surface area contributed by atoms with Crippen molar-refractivity contribution < 1.29 is 18.9 Å². The summed E-state index contributed by atoms with van der Waals surface area (Å²) in [6.45, 7) is 6.97. The Morgan fingerprint density at radius 2 is 1.45 bits per heavy atom. The van der Waals surface area contributed by atoms with Crippen molar-refractivity contribution in [2.75, 3.05) is 46.2 Å². The van der Waals surface area contributed by atoms with E-state index in [-0.39, 0.29) is 0 Å². The van der Waals surface area contributed by atoms with Crippen molar-refractivity contribution in [1.82, 2.24) is 0 Å². The molecule has 20 heavy (non-hydrogen) atoms. The van der Waals surface area contributed by atoms with E-state index in [9.17, 15) is 0 Å². The van der Waals surface area contributed by atoms with Gasteiger partial charge < -0.3 is 18.9 Å². The van der Waals surface area contributed by atoms with Crippen LogP contribution in [0.5, 0.6) is 0 Å². The van der Waals surface area contributed by atoms with Crippen LogP contribution in [-0.2, 0) is 18.9 Å². The quantitative estimate of drug-likeness (QED) is 0.270. The SMILES string of the molecule is CCCCOCCOCCOCCOC1CCCC1I. The molecule has 0 aromatic rings. The van der Waals surface area contributed by atoms with E-state index in [1.165, 1.54) is 25.7 Å². The molecule has 1 fully saturated rings. The van der Waals surface area contributed by atoms with Crippen molar-refractivity contribution in [3.63, 3.8) is 0 Å². The zero-order valence-electron chi connectivity index (χ0n) is 12.7. The topological polar surface area (TPSA) is 36.9 Å². The van der Waals surface area contributed by atoms with Gasteiger partial charge in [0.05, 0.1) is 45.7 Å². The average molecular weight is 400 g/mol. The van der Waals surface area contributed by atoms with Crippen LogP contribution in [0.15, 0.2) is 0 Å². The molecule has 0 spiro atoms. The Balaban J connectivity index is 1.72. The molecule has 5 heteroatoms. The molecule has 1 aliphatic carbocycles. The van der Waals surface area contributed by atoms with E-state index in [1.807, 2.05) is 0 Å². The van der Waals surface area contributed by atoms with Gasteiger partial charge in [-0.2, -0.15) is 0 Å². The predicted molar refractivity (Wildman–Crippen MR) is 88.8 cm³/mol. The molecule has 0 aromatic heterocycles. The smallest absolute Gasteiger partial charge is 0.0704 e. The lowest BCUT2D eigenvalue weighted by Crippen LogP contribution is -2.20. The molecule has 120 valence electrons. The second-order valence-corrected chi connectivity index (χ2v) is 6.65. The maximum Gasteiger partial charge on any atom is 0.0704 e. The Morgan fingerprint density at radius 1 is 0.850 bits per heavy atom. The third-order valence-electron chi connectivity index (χ3n) is 3.32. The Kier molecular flexibility index (Phi) is 12.3. The van der Waals surface area contributed by atoms with Crippen LogP contribution in [0.1, 0.15) is 39.0 Å². The summed E-state index contributed by atoms with van der Waals surface area (Å²) in [6, 6.07) is 0. The summed E-state index contributed by atoms with van der Waals surface area (Å²) in [5, 5.41) is 0. The molecule has 0 amide bonds. The average Bonchev–Trinajstić information content (AvgIpc) is 2.85. The van der Waals surface area contributed by atoms with Gasteiger partial charge in [-0.3, -0.25) is 0 Å². The van der Waals surface area contributed by atoms with Gasteiger partial charge in [0.25, 0.3) is 0 Å². The monoisotopic (exact) mass is 400 g/mol. The lowest BCUT2D eigenvalue weighted by Gasteiger charge is -2.15. The fourth-order valence-corrected chi connectivity index (χ4v) is 3.12. The highest BCUT2D eigenvalue weighted by Crippen LogP contribution is 2.28. The summed E-state index contributed by atoms with van der Waals surface area (Å²) in [7, 11) is 0. The largest absolute Gasteiger partial charge is 0.379 e. The van der Waals surface area contributed by atoms with Gasteiger partial charge in [0.1, 0.15) is 0 Å². The van der Waals surface area contributed by atoms with Crippen LogP contribution >= 0.6 is 22.6 Å². The second kappa shape index (κ2) is 13.2. The van der Waals surface area contributed by atoms with Gasteiger partial charge in [0.15, 0.2) is 0 Å². The van der Waals surface area contributed by atoms with Crippen LogP contribution in [0.4, 0.5) is 0 Å². The Morgan fingerprint density at radius 3 is 2.00 bits per heavy atom. The lowest BCUT2D eigenvalue weighted by atomic mass is 10.3. The van der Waals surface area contributed by atoms with Crippen LogP contribution < -0.4 is 0 Å². The van der Waals surface area contributed by atoms with E-state index in [1.54, 1.807) is 0 Å². The van der Waals surface area contributed by atoms with Crippen molar-refractivity contribution in [1.29, 1.82) is 0 Å². The van der Waals surface area contributed by atoms with Crippen molar-refractivity contribution in [2.24, 2.45) is 0 Å². The Hall–Kier alpha value is 0.570. The maximum atomic E-state index is 5.80. The number of rotatable bonds is 13. The first-order valence-corrected chi connectivity index (χ1v) is 9.08. The molecule has 1 aliphatic rings. The lowest BCUT2D eigenvalue weighted by molar-refractivity contribution is -0.0154. The third kappa shape index (κ3) is 9.50.